The quantitative estimate of drug-likeness (QED) is 0.265. The molecule has 2 nitrogen and oxygen atoms in total. The van der Waals surface area contributed by atoms with Gasteiger partial charge >= 0.3 is 6.11 Å². The topological polar surface area (TPSA) is 18.5 Å². The van der Waals surface area contributed by atoms with Crippen molar-refractivity contribution in [1.82, 2.24) is 0 Å². The fourth-order valence-corrected chi connectivity index (χ4v) is 4.64. The first-order valence-corrected chi connectivity index (χ1v) is 12.4. The summed E-state index contributed by atoms with van der Waals surface area (Å²) in [4.78, 5) is 0. The molecule has 4 rings (SSSR count). The second-order valence-electron chi connectivity index (χ2n) is 9.59. The van der Waals surface area contributed by atoms with Crippen molar-refractivity contribution < 1.29 is 40.2 Å². The second kappa shape index (κ2) is 11.4. The molecule has 0 aromatic heterocycles. The molecule has 0 N–H and O–H groups in total. The van der Waals surface area contributed by atoms with Gasteiger partial charge in [0.25, 0.3) is 0 Å². The highest BCUT2D eigenvalue weighted by Crippen LogP contribution is 2.39. The van der Waals surface area contributed by atoms with Gasteiger partial charge in [-0.1, -0.05) is 31.9 Å². The molecule has 38 heavy (non-hydrogen) atoms. The van der Waals surface area contributed by atoms with Crippen LogP contribution in [0.25, 0.3) is 11.1 Å². The molecule has 1 saturated heterocycles. The van der Waals surface area contributed by atoms with Crippen LogP contribution in [0.4, 0.5) is 30.7 Å². The molecule has 204 valence electrons. The molecule has 2 unspecified atom stereocenters. The van der Waals surface area contributed by atoms with Crippen molar-refractivity contribution in [3.05, 3.63) is 88.2 Å². The number of hydrogen-bond donors (Lipinski definition) is 0. The van der Waals surface area contributed by atoms with Crippen LogP contribution in [0.5, 0.6) is 5.75 Å². The van der Waals surface area contributed by atoms with Crippen molar-refractivity contribution >= 4 is 0 Å². The predicted octanol–water partition coefficient (Wildman–Crippen LogP) is 9.14. The summed E-state index contributed by atoms with van der Waals surface area (Å²) in [6, 6.07) is 6.19. The molecular formula is C29H27F7O2. The smallest absolute Gasteiger partial charge is 0.429 e. The van der Waals surface area contributed by atoms with Crippen molar-refractivity contribution in [1.29, 1.82) is 0 Å². The number of ether oxygens (including phenoxy) is 2. The van der Waals surface area contributed by atoms with E-state index in [4.69, 9.17) is 4.74 Å². The fraction of sp³-hybridized carbons (Fsp3) is 0.379. The molecular weight excluding hydrogens is 513 g/mol. The van der Waals surface area contributed by atoms with Crippen molar-refractivity contribution in [3.63, 3.8) is 0 Å². The van der Waals surface area contributed by atoms with Crippen LogP contribution in [0.3, 0.4) is 0 Å². The van der Waals surface area contributed by atoms with E-state index in [1.165, 1.54) is 12.1 Å². The summed E-state index contributed by atoms with van der Waals surface area (Å²) in [5, 5.41) is 0. The summed E-state index contributed by atoms with van der Waals surface area (Å²) in [6.45, 7) is 3.78. The lowest BCUT2D eigenvalue weighted by Crippen LogP contribution is -2.25. The van der Waals surface area contributed by atoms with Crippen LogP contribution in [0.1, 0.15) is 61.8 Å². The number of halogens is 7. The van der Waals surface area contributed by atoms with E-state index in [0.717, 1.165) is 39.0 Å². The van der Waals surface area contributed by atoms with Crippen LogP contribution < -0.4 is 4.74 Å². The third kappa shape index (κ3) is 5.98. The first-order valence-electron chi connectivity index (χ1n) is 12.4. The molecule has 0 spiro atoms. The lowest BCUT2D eigenvalue weighted by atomic mass is 9.90. The summed E-state index contributed by atoms with van der Waals surface area (Å²) >= 11 is 0. The minimum Gasteiger partial charge on any atom is -0.429 e. The Hall–Kier alpha value is -3.07. The van der Waals surface area contributed by atoms with Crippen molar-refractivity contribution in [3.8, 4) is 16.9 Å². The molecule has 0 amide bonds. The summed E-state index contributed by atoms with van der Waals surface area (Å²) in [6.07, 6.45) is 0.0446. The Balaban J connectivity index is 1.54. The molecule has 2 atom stereocenters. The Morgan fingerprint density at radius 2 is 1.53 bits per heavy atom. The predicted molar refractivity (Wildman–Crippen MR) is 128 cm³/mol. The molecule has 0 radical (unpaired) electrons. The Morgan fingerprint density at radius 1 is 0.868 bits per heavy atom. The average Bonchev–Trinajstić information content (AvgIpc) is 2.85. The number of unbranched alkanes of at least 4 members (excludes halogenated alkanes) is 1. The van der Waals surface area contributed by atoms with E-state index < -0.39 is 52.1 Å². The van der Waals surface area contributed by atoms with Crippen LogP contribution in [-0.2, 0) is 10.8 Å². The standard InChI is InChI=1S/C29H27F7O2/c1-3-4-5-17-6-9-27(37-15-17)18-7-8-21(24(32)10-18)19-11-25(33)28(26(34)12-19)29(35,36)38-20-13-22(30)16(2)23(31)14-20/h7-8,10-14,17,27H,3-6,9,15H2,1-2H3. The highest BCUT2D eigenvalue weighted by molar-refractivity contribution is 5.65. The minimum absolute atomic E-state index is 0.193. The maximum Gasteiger partial charge on any atom is 0.432 e. The van der Waals surface area contributed by atoms with E-state index in [9.17, 15) is 30.7 Å². The van der Waals surface area contributed by atoms with Gasteiger partial charge in [0.1, 0.15) is 40.4 Å². The molecule has 0 bridgehead atoms. The summed E-state index contributed by atoms with van der Waals surface area (Å²) in [5.41, 5.74) is -2.12. The summed E-state index contributed by atoms with van der Waals surface area (Å²) < 4.78 is 111. The number of rotatable bonds is 8. The van der Waals surface area contributed by atoms with Gasteiger partial charge in [0.05, 0.1) is 12.7 Å². The Kier molecular flexibility index (Phi) is 8.35. The summed E-state index contributed by atoms with van der Waals surface area (Å²) in [7, 11) is 0. The van der Waals surface area contributed by atoms with Crippen molar-refractivity contribution in [2.75, 3.05) is 6.61 Å². The first kappa shape index (κ1) is 28.0. The lowest BCUT2D eigenvalue weighted by Gasteiger charge is -2.29. The molecule has 3 aromatic rings. The maximum atomic E-state index is 15.0. The molecule has 0 saturated carbocycles. The van der Waals surface area contributed by atoms with Crippen LogP contribution in [0, 0.1) is 41.9 Å². The maximum absolute atomic E-state index is 15.0. The second-order valence-corrected chi connectivity index (χ2v) is 9.59. The highest BCUT2D eigenvalue weighted by atomic mass is 19.3. The van der Waals surface area contributed by atoms with E-state index in [-0.39, 0.29) is 17.2 Å². The lowest BCUT2D eigenvalue weighted by molar-refractivity contribution is -0.189. The van der Waals surface area contributed by atoms with E-state index in [0.29, 0.717) is 42.4 Å². The molecule has 1 fully saturated rings. The van der Waals surface area contributed by atoms with E-state index in [1.807, 2.05) is 0 Å². The van der Waals surface area contributed by atoms with Crippen molar-refractivity contribution in [2.45, 2.75) is 58.2 Å². The van der Waals surface area contributed by atoms with Crippen molar-refractivity contribution in [2.24, 2.45) is 5.92 Å². The van der Waals surface area contributed by atoms with Gasteiger partial charge in [-0.25, -0.2) is 22.0 Å². The molecule has 1 heterocycles. The highest BCUT2D eigenvalue weighted by Gasteiger charge is 2.41. The molecule has 3 aromatic carbocycles. The van der Waals surface area contributed by atoms with Gasteiger partial charge in [0, 0.05) is 23.3 Å². The number of hydrogen-bond acceptors (Lipinski definition) is 2. The van der Waals surface area contributed by atoms with Gasteiger partial charge < -0.3 is 9.47 Å². The minimum atomic E-state index is -4.61. The van der Waals surface area contributed by atoms with Gasteiger partial charge in [0.15, 0.2) is 0 Å². The van der Waals surface area contributed by atoms with Crippen LogP contribution in [-0.4, -0.2) is 6.61 Å². The van der Waals surface area contributed by atoms with E-state index in [2.05, 4.69) is 11.7 Å². The monoisotopic (exact) mass is 540 g/mol. The molecule has 1 aliphatic rings. The molecule has 9 heteroatoms. The third-order valence-electron chi connectivity index (χ3n) is 6.85. The van der Waals surface area contributed by atoms with Crippen LogP contribution in [0.2, 0.25) is 0 Å². The normalized spacial score (nSPS) is 18.0. The van der Waals surface area contributed by atoms with Crippen LogP contribution in [0.15, 0.2) is 42.5 Å². The zero-order chi connectivity index (χ0) is 27.6. The van der Waals surface area contributed by atoms with E-state index in [1.54, 1.807) is 6.07 Å². The van der Waals surface area contributed by atoms with E-state index >= 15 is 0 Å². The van der Waals surface area contributed by atoms with Gasteiger partial charge in [-0.05, 0) is 61.4 Å². The Bertz CT molecular complexity index is 1250. The Labute approximate surface area is 216 Å². The van der Waals surface area contributed by atoms with Gasteiger partial charge in [-0.3, -0.25) is 0 Å². The number of alkyl halides is 2. The SMILES string of the molecule is CCCCC1CCC(c2ccc(-c3cc(F)c(C(F)(F)Oc4cc(F)c(C)c(F)c4)c(F)c3)c(F)c2)OC1. The largest absolute Gasteiger partial charge is 0.432 e. The average molecular weight is 541 g/mol. The zero-order valence-corrected chi connectivity index (χ0v) is 20.9. The summed E-state index contributed by atoms with van der Waals surface area (Å²) in [5.74, 6) is -7.04. The molecule has 1 aliphatic heterocycles. The van der Waals surface area contributed by atoms with Crippen LogP contribution >= 0.6 is 0 Å². The molecule has 0 aliphatic carbocycles. The first-order chi connectivity index (χ1) is 18.0. The zero-order valence-electron chi connectivity index (χ0n) is 20.9. The number of benzene rings is 3. The third-order valence-corrected chi connectivity index (χ3v) is 6.85. The van der Waals surface area contributed by atoms with Gasteiger partial charge in [-0.2, -0.15) is 8.78 Å². The fourth-order valence-electron chi connectivity index (χ4n) is 4.64. The van der Waals surface area contributed by atoms with Gasteiger partial charge in [-0.15, -0.1) is 0 Å². The Morgan fingerprint density at radius 3 is 2.08 bits per heavy atom. The van der Waals surface area contributed by atoms with Gasteiger partial charge in [0.2, 0.25) is 0 Å².